The van der Waals surface area contributed by atoms with Crippen LogP contribution < -0.4 is 0 Å². The molecule has 0 aliphatic carbocycles. The van der Waals surface area contributed by atoms with Crippen LogP contribution >= 0.6 is 23.5 Å². The van der Waals surface area contributed by atoms with Crippen molar-refractivity contribution in [2.24, 2.45) is 0 Å². The zero-order valence-corrected chi connectivity index (χ0v) is 10.5. The Bertz CT molecular complexity index is 79.0. The minimum atomic E-state index is 0.874. The molecule has 1 nitrogen and oxygen atoms in total. The number of ether oxygens (including phenoxy) is 1. The molecule has 0 aliphatic heterocycles. The van der Waals surface area contributed by atoms with Gasteiger partial charge in [0.05, 0.1) is 11.9 Å². The largest absolute Gasteiger partial charge is 0.360 e. The summed E-state index contributed by atoms with van der Waals surface area (Å²) in [5, 5.41) is 0. The first-order valence-corrected chi connectivity index (χ1v) is 7.46. The van der Waals surface area contributed by atoms with Crippen molar-refractivity contribution in [3.8, 4) is 0 Å². The molecule has 0 saturated carbocycles. The lowest BCUT2D eigenvalue weighted by molar-refractivity contribution is 0.240. The zero-order chi connectivity index (χ0) is 9.78. The van der Waals surface area contributed by atoms with Gasteiger partial charge in [-0.05, 0) is 24.3 Å². The summed E-state index contributed by atoms with van der Waals surface area (Å²) in [6.45, 7) is 4.45. The second kappa shape index (κ2) is 12.7. The maximum absolute atomic E-state index is 5.45. The van der Waals surface area contributed by atoms with Crippen molar-refractivity contribution in [2.45, 2.75) is 39.5 Å². The molecule has 13 heavy (non-hydrogen) atoms. The fraction of sp³-hybridized carbons (Fsp3) is 1.00. The summed E-state index contributed by atoms with van der Waals surface area (Å²) in [5.74, 6) is 4.24. The Kier molecular flexibility index (Phi) is 13.3. The van der Waals surface area contributed by atoms with E-state index in [2.05, 4.69) is 13.8 Å². The molecule has 0 aliphatic rings. The highest BCUT2D eigenvalue weighted by Crippen LogP contribution is 2.08. The minimum absolute atomic E-state index is 0.874. The van der Waals surface area contributed by atoms with Crippen LogP contribution in [0.25, 0.3) is 0 Å². The number of unbranched alkanes of at least 4 members (excludes halogenated alkanes) is 2. The predicted octanol–water partition coefficient (Wildman–Crippen LogP) is 3.98. The molecule has 0 saturated heterocycles. The summed E-state index contributed by atoms with van der Waals surface area (Å²) in [6.07, 6.45) is 5.21. The zero-order valence-electron chi connectivity index (χ0n) is 8.88. The van der Waals surface area contributed by atoms with Crippen molar-refractivity contribution < 1.29 is 4.74 Å². The van der Waals surface area contributed by atoms with Gasteiger partial charge in [0.1, 0.15) is 0 Å². The fourth-order valence-electron chi connectivity index (χ4n) is 0.763. The number of hydrogen-bond acceptors (Lipinski definition) is 3. The molecule has 0 spiro atoms. The molecule has 80 valence electrons. The average Bonchev–Trinajstić information content (AvgIpc) is 2.16. The van der Waals surface area contributed by atoms with Gasteiger partial charge in [-0.3, -0.25) is 0 Å². The van der Waals surface area contributed by atoms with Crippen LogP contribution in [0.3, 0.4) is 0 Å². The molecule has 0 aromatic heterocycles. The van der Waals surface area contributed by atoms with Crippen molar-refractivity contribution in [3.63, 3.8) is 0 Å². The fourth-order valence-corrected chi connectivity index (χ4v) is 2.49. The first kappa shape index (κ1) is 13.7. The van der Waals surface area contributed by atoms with Crippen molar-refractivity contribution in [3.05, 3.63) is 0 Å². The van der Waals surface area contributed by atoms with E-state index in [-0.39, 0.29) is 0 Å². The van der Waals surface area contributed by atoms with E-state index in [1.165, 1.54) is 37.2 Å². The highest BCUT2D eigenvalue weighted by atomic mass is 32.2. The molecule has 0 heterocycles. The molecule has 0 fully saturated rings. The molecule has 0 amide bonds. The molecular weight excluding hydrogens is 200 g/mol. The Morgan fingerprint density at radius 3 is 1.69 bits per heavy atom. The summed E-state index contributed by atoms with van der Waals surface area (Å²) in [5.41, 5.74) is 0. The SMILES string of the molecule is CCCCSCOCSCCCC. The van der Waals surface area contributed by atoms with E-state index in [1.54, 1.807) is 0 Å². The average molecular weight is 222 g/mol. The van der Waals surface area contributed by atoms with Crippen LogP contribution in [0, 0.1) is 0 Å². The maximum atomic E-state index is 5.45. The molecule has 0 unspecified atom stereocenters. The van der Waals surface area contributed by atoms with Crippen LogP contribution in [0.1, 0.15) is 39.5 Å². The highest BCUT2D eigenvalue weighted by Gasteiger charge is 1.90. The van der Waals surface area contributed by atoms with Crippen molar-refractivity contribution in [1.82, 2.24) is 0 Å². The van der Waals surface area contributed by atoms with Crippen molar-refractivity contribution in [2.75, 3.05) is 23.4 Å². The monoisotopic (exact) mass is 222 g/mol. The summed E-state index contributed by atoms with van der Waals surface area (Å²) in [4.78, 5) is 0. The summed E-state index contributed by atoms with van der Waals surface area (Å²) < 4.78 is 5.45. The second-order valence-electron chi connectivity index (χ2n) is 2.96. The molecule has 3 heteroatoms. The molecule has 0 aromatic rings. The van der Waals surface area contributed by atoms with Gasteiger partial charge in [-0.2, -0.15) is 0 Å². The highest BCUT2D eigenvalue weighted by molar-refractivity contribution is 7.99. The van der Waals surface area contributed by atoms with Gasteiger partial charge in [0.2, 0.25) is 0 Å². The van der Waals surface area contributed by atoms with Gasteiger partial charge < -0.3 is 4.74 Å². The van der Waals surface area contributed by atoms with E-state index >= 15 is 0 Å². The van der Waals surface area contributed by atoms with E-state index in [1.807, 2.05) is 23.5 Å². The summed E-state index contributed by atoms with van der Waals surface area (Å²) in [6, 6.07) is 0. The first-order valence-electron chi connectivity index (χ1n) is 5.15. The van der Waals surface area contributed by atoms with Gasteiger partial charge >= 0.3 is 0 Å². The maximum Gasteiger partial charge on any atom is 0.0932 e. The normalized spacial score (nSPS) is 10.6. The summed E-state index contributed by atoms with van der Waals surface area (Å²) >= 11 is 3.81. The lowest BCUT2D eigenvalue weighted by Gasteiger charge is -2.02. The van der Waals surface area contributed by atoms with Gasteiger partial charge in [-0.25, -0.2) is 0 Å². The van der Waals surface area contributed by atoms with Gasteiger partial charge in [-0.15, -0.1) is 23.5 Å². The molecular formula is C10H22OS2. The molecule has 0 radical (unpaired) electrons. The van der Waals surface area contributed by atoms with Gasteiger partial charge in [0.25, 0.3) is 0 Å². The van der Waals surface area contributed by atoms with Gasteiger partial charge in [-0.1, -0.05) is 26.7 Å². The lowest BCUT2D eigenvalue weighted by atomic mass is 10.4. The first-order chi connectivity index (χ1) is 6.41. The Morgan fingerprint density at radius 2 is 1.31 bits per heavy atom. The predicted molar refractivity (Wildman–Crippen MR) is 65.6 cm³/mol. The Morgan fingerprint density at radius 1 is 0.846 bits per heavy atom. The van der Waals surface area contributed by atoms with Crippen molar-refractivity contribution in [1.29, 1.82) is 0 Å². The topological polar surface area (TPSA) is 9.23 Å². The second-order valence-corrected chi connectivity index (χ2v) is 5.07. The van der Waals surface area contributed by atoms with E-state index < -0.39 is 0 Å². The molecule has 0 N–H and O–H groups in total. The molecule has 0 rings (SSSR count). The van der Waals surface area contributed by atoms with Crippen molar-refractivity contribution >= 4 is 23.5 Å². The Labute approximate surface area is 91.4 Å². The Balaban J connectivity index is 2.76. The minimum Gasteiger partial charge on any atom is -0.360 e. The third kappa shape index (κ3) is 12.7. The van der Waals surface area contributed by atoms with E-state index in [4.69, 9.17) is 4.74 Å². The van der Waals surface area contributed by atoms with Crippen LogP contribution in [0.2, 0.25) is 0 Å². The van der Waals surface area contributed by atoms with Crippen LogP contribution in [0.15, 0.2) is 0 Å². The van der Waals surface area contributed by atoms with Crippen LogP contribution in [-0.4, -0.2) is 23.4 Å². The van der Waals surface area contributed by atoms with E-state index in [0.717, 1.165) is 11.9 Å². The van der Waals surface area contributed by atoms with Crippen LogP contribution in [-0.2, 0) is 4.74 Å². The Hall–Kier alpha value is 0.660. The van der Waals surface area contributed by atoms with E-state index in [9.17, 15) is 0 Å². The van der Waals surface area contributed by atoms with Gasteiger partial charge in [0, 0.05) is 0 Å². The number of thioether (sulfide) groups is 2. The third-order valence-electron chi connectivity index (χ3n) is 1.62. The standard InChI is InChI=1S/C10H22OS2/c1-3-5-7-12-9-11-10-13-8-6-4-2/h3-10H2,1-2H3. The number of rotatable bonds is 10. The molecule has 0 atom stereocenters. The molecule has 0 aromatic carbocycles. The quantitative estimate of drug-likeness (QED) is 0.409. The lowest BCUT2D eigenvalue weighted by Crippen LogP contribution is -1.92. The smallest absolute Gasteiger partial charge is 0.0932 e. The third-order valence-corrected chi connectivity index (χ3v) is 3.44. The molecule has 0 bridgehead atoms. The van der Waals surface area contributed by atoms with Crippen LogP contribution in [0.5, 0.6) is 0 Å². The summed E-state index contributed by atoms with van der Waals surface area (Å²) in [7, 11) is 0. The van der Waals surface area contributed by atoms with Gasteiger partial charge in [0.15, 0.2) is 0 Å². The van der Waals surface area contributed by atoms with E-state index in [0.29, 0.717) is 0 Å². The number of hydrogen-bond donors (Lipinski definition) is 0. The van der Waals surface area contributed by atoms with Crippen LogP contribution in [0.4, 0.5) is 0 Å².